The molecule has 1 aromatic carbocycles. The molecule has 128 valence electrons. The molecule has 1 aromatic heterocycles. The molecular weight excluding hydrogens is 374 g/mol. The van der Waals surface area contributed by atoms with E-state index in [1.54, 1.807) is 5.48 Å². The number of hydrogen-bond acceptors (Lipinski definition) is 4. The van der Waals surface area contributed by atoms with Gasteiger partial charge in [-0.1, -0.05) is 28.4 Å². The molecule has 0 aliphatic carbocycles. The topological polar surface area (TPSA) is 91.3 Å². The lowest BCUT2D eigenvalue weighted by Crippen LogP contribution is -2.23. The molecule has 0 spiro atoms. The molecule has 0 unspecified atom stereocenters. The van der Waals surface area contributed by atoms with Gasteiger partial charge in [0.15, 0.2) is 0 Å². The van der Waals surface area contributed by atoms with E-state index >= 15 is 0 Å². The summed E-state index contributed by atoms with van der Waals surface area (Å²) in [7, 11) is 0. The van der Waals surface area contributed by atoms with Gasteiger partial charge in [-0.05, 0) is 37.1 Å². The van der Waals surface area contributed by atoms with Crippen LogP contribution < -0.4 is 10.8 Å². The third-order valence-corrected chi connectivity index (χ3v) is 4.10. The Morgan fingerprint density at radius 3 is 2.54 bits per heavy atom. The van der Waals surface area contributed by atoms with Gasteiger partial charge in [0.2, 0.25) is 11.8 Å². The number of halogens is 1. The average Bonchev–Trinajstić information content (AvgIpc) is 2.59. The van der Waals surface area contributed by atoms with Crippen LogP contribution in [0.1, 0.15) is 37.8 Å². The van der Waals surface area contributed by atoms with Gasteiger partial charge in [0.25, 0.3) is 0 Å². The van der Waals surface area contributed by atoms with Crippen LogP contribution in [-0.4, -0.2) is 22.0 Å². The number of rotatable bonds is 8. The number of benzene rings is 1. The number of unbranched alkanes of at least 4 members (excludes halogenated alkanes) is 2. The molecule has 2 amide bonds. The molecular formula is C17H20BrN3O3. The molecule has 0 fully saturated rings. The minimum Gasteiger partial charge on any atom is -0.350 e. The fourth-order valence-corrected chi connectivity index (χ4v) is 2.70. The number of amides is 2. The number of hydroxylamine groups is 1. The normalized spacial score (nSPS) is 10.6. The van der Waals surface area contributed by atoms with Crippen LogP contribution in [0.15, 0.2) is 34.8 Å². The highest BCUT2D eigenvalue weighted by molar-refractivity contribution is 9.10. The fraction of sp³-hybridized carbons (Fsp3) is 0.353. The van der Waals surface area contributed by atoms with Crippen molar-refractivity contribution in [3.8, 4) is 0 Å². The van der Waals surface area contributed by atoms with Crippen molar-refractivity contribution in [2.75, 3.05) is 0 Å². The Morgan fingerprint density at radius 2 is 1.79 bits per heavy atom. The molecule has 1 heterocycles. The van der Waals surface area contributed by atoms with E-state index < -0.39 is 5.91 Å². The lowest BCUT2D eigenvalue weighted by Gasteiger charge is -2.06. The lowest BCUT2D eigenvalue weighted by atomic mass is 10.1. The fourth-order valence-electron chi connectivity index (χ4n) is 2.32. The summed E-state index contributed by atoms with van der Waals surface area (Å²) in [6.45, 7) is 0.401. The SMILES string of the molecule is O=C(CCCCCC(=O)NCc1ccc2cc(Br)ccc2n1)NO. The smallest absolute Gasteiger partial charge is 0.243 e. The zero-order chi connectivity index (χ0) is 17.4. The Balaban J connectivity index is 1.72. The summed E-state index contributed by atoms with van der Waals surface area (Å²) in [5, 5.41) is 12.3. The van der Waals surface area contributed by atoms with Crippen LogP contribution >= 0.6 is 15.9 Å². The van der Waals surface area contributed by atoms with E-state index in [9.17, 15) is 9.59 Å². The number of nitrogens with zero attached hydrogens (tertiary/aromatic N) is 1. The van der Waals surface area contributed by atoms with E-state index in [1.807, 2.05) is 30.3 Å². The lowest BCUT2D eigenvalue weighted by molar-refractivity contribution is -0.129. The monoisotopic (exact) mass is 393 g/mol. The second-order valence-electron chi connectivity index (χ2n) is 5.51. The van der Waals surface area contributed by atoms with E-state index in [4.69, 9.17) is 5.21 Å². The first kappa shape index (κ1) is 18.4. The number of aromatic nitrogens is 1. The Labute approximate surface area is 148 Å². The molecule has 2 rings (SSSR count). The van der Waals surface area contributed by atoms with E-state index in [1.165, 1.54) is 0 Å². The maximum Gasteiger partial charge on any atom is 0.243 e. The van der Waals surface area contributed by atoms with Gasteiger partial charge < -0.3 is 5.32 Å². The molecule has 0 radical (unpaired) electrons. The Bertz CT molecular complexity index is 721. The number of fused-ring (bicyclic) bond motifs is 1. The van der Waals surface area contributed by atoms with Crippen LogP contribution in [0.5, 0.6) is 0 Å². The van der Waals surface area contributed by atoms with Gasteiger partial charge >= 0.3 is 0 Å². The minimum absolute atomic E-state index is 0.0284. The molecule has 0 aliphatic rings. The summed E-state index contributed by atoms with van der Waals surface area (Å²) in [6.07, 6.45) is 2.83. The van der Waals surface area contributed by atoms with Gasteiger partial charge in [0.05, 0.1) is 17.8 Å². The van der Waals surface area contributed by atoms with Crippen molar-refractivity contribution in [1.29, 1.82) is 0 Å². The zero-order valence-electron chi connectivity index (χ0n) is 13.2. The Morgan fingerprint density at radius 1 is 1.04 bits per heavy atom. The predicted octanol–water partition coefficient (Wildman–Crippen LogP) is 3.07. The van der Waals surface area contributed by atoms with Crippen molar-refractivity contribution in [3.63, 3.8) is 0 Å². The maximum absolute atomic E-state index is 11.8. The summed E-state index contributed by atoms with van der Waals surface area (Å²) < 4.78 is 1.01. The second-order valence-corrected chi connectivity index (χ2v) is 6.43. The quantitative estimate of drug-likeness (QED) is 0.365. The van der Waals surface area contributed by atoms with Crippen LogP contribution in [0, 0.1) is 0 Å². The number of nitrogens with one attached hydrogen (secondary N) is 2. The van der Waals surface area contributed by atoms with Crippen molar-refractivity contribution in [2.45, 2.75) is 38.6 Å². The number of hydrogen-bond donors (Lipinski definition) is 3. The molecule has 7 heteroatoms. The summed E-state index contributed by atoms with van der Waals surface area (Å²) in [5.41, 5.74) is 3.30. The largest absolute Gasteiger partial charge is 0.350 e. The zero-order valence-corrected chi connectivity index (χ0v) is 14.8. The average molecular weight is 394 g/mol. The molecule has 0 bridgehead atoms. The molecule has 0 aliphatic heterocycles. The highest BCUT2D eigenvalue weighted by Crippen LogP contribution is 2.18. The van der Waals surface area contributed by atoms with Crippen molar-refractivity contribution >= 4 is 38.6 Å². The van der Waals surface area contributed by atoms with Gasteiger partial charge in [0.1, 0.15) is 0 Å². The molecule has 0 atom stereocenters. The second kappa shape index (κ2) is 9.34. The first-order chi connectivity index (χ1) is 11.6. The van der Waals surface area contributed by atoms with Crippen LogP contribution in [0.25, 0.3) is 10.9 Å². The van der Waals surface area contributed by atoms with Gasteiger partial charge in [-0.2, -0.15) is 0 Å². The molecule has 0 saturated heterocycles. The van der Waals surface area contributed by atoms with E-state index in [0.29, 0.717) is 25.8 Å². The standard InChI is InChI=1S/C17H20BrN3O3/c18-13-7-9-15-12(10-13)6-8-14(20-15)11-19-16(22)4-2-1-3-5-17(23)21-24/h6-10,24H,1-5,11H2,(H,19,22)(H,21,23). The third-order valence-electron chi connectivity index (χ3n) is 3.61. The van der Waals surface area contributed by atoms with E-state index in [-0.39, 0.29) is 12.3 Å². The first-order valence-electron chi connectivity index (χ1n) is 7.83. The van der Waals surface area contributed by atoms with E-state index in [2.05, 4.69) is 26.2 Å². The van der Waals surface area contributed by atoms with E-state index in [0.717, 1.165) is 27.5 Å². The Hall–Kier alpha value is -1.99. The number of pyridine rings is 1. The molecule has 6 nitrogen and oxygen atoms in total. The van der Waals surface area contributed by atoms with Crippen molar-refractivity contribution in [2.24, 2.45) is 0 Å². The Kier molecular flexibility index (Phi) is 7.14. The van der Waals surface area contributed by atoms with Crippen molar-refractivity contribution in [1.82, 2.24) is 15.8 Å². The molecule has 3 N–H and O–H groups in total. The van der Waals surface area contributed by atoms with Gasteiger partial charge in [0, 0.05) is 22.7 Å². The highest BCUT2D eigenvalue weighted by atomic mass is 79.9. The number of carbonyl (C=O) groups excluding carboxylic acids is 2. The van der Waals surface area contributed by atoms with Crippen LogP contribution in [0.3, 0.4) is 0 Å². The summed E-state index contributed by atoms with van der Waals surface area (Å²) in [6, 6.07) is 9.77. The van der Waals surface area contributed by atoms with Crippen molar-refractivity contribution in [3.05, 3.63) is 40.5 Å². The van der Waals surface area contributed by atoms with Crippen LogP contribution in [-0.2, 0) is 16.1 Å². The summed E-state index contributed by atoms with van der Waals surface area (Å²) in [5.74, 6) is -0.423. The maximum atomic E-state index is 11.8. The van der Waals surface area contributed by atoms with Crippen LogP contribution in [0.4, 0.5) is 0 Å². The number of carbonyl (C=O) groups is 2. The van der Waals surface area contributed by atoms with Gasteiger partial charge in [-0.15, -0.1) is 0 Å². The summed E-state index contributed by atoms with van der Waals surface area (Å²) in [4.78, 5) is 27.2. The third kappa shape index (κ3) is 5.90. The summed E-state index contributed by atoms with van der Waals surface area (Å²) >= 11 is 3.43. The van der Waals surface area contributed by atoms with Gasteiger partial charge in [-0.3, -0.25) is 19.8 Å². The molecule has 0 saturated carbocycles. The van der Waals surface area contributed by atoms with Crippen molar-refractivity contribution < 1.29 is 14.8 Å². The minimum atomic E-state index is -0.395. The molecule has 2 aromatic rings. The highest BCUT2D eigenvalue weighted by Gasteiger charge is 2.04. The first-order valence-corrected chi connectivity index (χ1v) is 8.62. The molecule has 24 heavy (non-hydrogen) atoms. The van der Waals surface area contributed by atoms with Gasteiger partial charge in [-0.25, -0.2) is 5.48 Å². The predicted molar refractivity (Wildman–Crippen MR) is 94.3 cm³/mol. The van der Waals surface area contributed by atoms with Crippen LogP contribution in [0.2, 0.25) is 0 Å².